The molecule has 2 N–H and O–H groups in total. The van der Waals surface area contributed by atoms with E-state index in [0.717, 1.165) is 31.6 Å². The van der Waals surface area contributed by atoms with E-state index in [1.165, 1.54) is 0 Å². The average molecular weight is 223 g/mol. The van der Waals surface area contributed by atoms with Crippen LogP contribution in [0, 0.1) is 0 Å². The van der Waals surface area contributed by atoms with E-state index in [1.807, 2.05) is 6.92 Å². The molecule has 0 amide bonds. The molecule has 88 valence electrons. The molecule has 2 rings (SSSR count). The van der Waals surface area contributed by atoms with E-state index in [0.29, 0.717) is 18.1 Å². The Morgan fingerprint density at radius 2 is 2.31 bits per heavy atom. The molecule has 0 bridgehead atoms. The second-order valence-electron chi connectivity index (χ2n) is 3.94. The van der Waals surface area contributed by atoms with Gasteiger partial charge in [0.15, 0.2) is 0 Å². The lowest BCUT2D eigenvalue weighted by Crippen LogP contribution is -2.27. The number of carbonyl (C=O) groups is 1. The lowest BCUT2D eigenvalue weighted by Gasteiger charge is -2.22. The minimum atomic E-state index is -0.273. The van der Waals surface area contributed by atoms with Crippen molar-refractivity contribution >= 4 is 5.97 Å². The van der Waals surface area contributed by atoms with E-state index in [-0.39, 0.29) is 5.97 Å². The number of ether oxygens (including phenoxy) is 1. The smallest absolute Gasteiger partial charge is 0.341 e. The Bertz CT molecular complexity index is 356. The third-order valence-electron chi connectivity index (χ3n) is 2.91. The Morgan fingerprint density at radius 1 is 1.56 bits per heavy atom. The number of hydrogen-bond acceptors (Lipinski definition) is 4. The highest BCUT2D eigenvalue weighted by Crippen LogP contribution is 2.26. The monoisotopic (exact) mass is 223 g/mol. The first kappa shape index (κ1) is 11.1. The molecule has 1 aromatic rings. The van der Waals surface area contributed by atoms with Crippen LogP contribution >= 0.6 is 0 Å². The molecule has 0 atom stereocenters. The van der Waals surface area contributed by atoms with Crippen molar-refractivity contribution in [1.29, 1.82) is 0 Å². The van der Waals surface area contributed by atoms with Crippen LogP contribution in [0.4, 0.5) is 0 Å². The van der Waals surface area contributed by atoms with Crippen molar-refractivity contribution in [1.82, 2.24) is 15.5 Å². The topological polar surface area (TPSA) is 67.0 Å². The van der Waals surface area contributed by atoms with Gasteiger partial charge in [-0.1, -0.05) is 0 Å². The van der Waals surface area contributed by atoms with Gasteiger partial charge in [-0.15, -0.1) is 0 Å². The summed E-state index contributed by atoms with van der Waals surface area (Å²) in [5.74, 6) is 0.118. The Kier molecular flexibility index (Phi) is 3.56. The Morgan fingerprint density at radius 3 is 3.00 bits per heavy atom. The van der Waals surface area contributed by atoms with Gasteiger partial charge in [-0.3, -0.25) is 5.10 Å². The lowest BCUT2D eigenvalue weighted by atomic mass is 9.92. The summed E-state index contributed by atoms with van der Waals surface area (Å²) in [6.07, 6.45) is 3.64. The number of carbonyl (C=O) groups excluding carboxylic acids is 1. The molecule has 1 fully saturated rings. The Hall–Kier alpha value is -1.36. The van der Waals surface area contributed by atoms with Gasteiger partial charge < -0.3 is 10.1 Å². The quantitative estimate of drug-likeness (QED) is 0.752. The fourth-order valence-electron chi connectivity index (χ4n) is 2.09. The SMILES string of the molecule is CCOC(=O)c1cn[nH]c1C1CCNCC1. The van der Waals surface area contributed by atoms with Gasteiger partial charge in [0.05, 0.1) is 18.5 Å². The first-order valence-electron chi connectivity index (χ1n) is 5.74. The van der Waals surface area contributed by atoms with Crippen LogP contribution in [0.2, 0.25) is 0 Å². The highest BCUT2D eigenvalue weighted by atomic mass is 16.5. The third kappa shape index (κ3) is 2.24. The number of esters is 1. The van der Waals surface area contributed by atoms with Crippen molar-refractivity contribution in [3.05, 3.63) is 17.5 Å². The normalized spacial score (nSPS) is 17.3. The van der Waals surface area contributed by atoms with Gasteiger partial charge in [0, 0.05) is 5.92 Å². The molecule has 5 heteroatoms. The highest BCUT2D eigenvalue weighted by Gasteiger charge is 2.23. The van der Waals surface area contributed by atoms with Crippen molar-refractivity contribution in [2.75, 3.05) is 19.7 Å². The maximum Gasteiger partial charge on any atom is 0.341 e. The minimum absolute atomic E-state index is 0.273. The van der Waals surface area contributed by atoms with Crippen LogP contribution in [0.3, 0.4) is 0 Å². The molecule has 1 aliphatic heterocycles. The van der Waals surface area contributed by atoms with E-state index < -0.39 is 0 Å². The fraction of sp³-hybridized carbons (Fsp3) is 0.636. The third-order valence-corrected chi connectivity index (χ3v) is 2.91. The van der Waals surface area contributed by atoms with Crippen molar-refractivity contribution < 1.29 is 9.53 Å². The van der Waals surface area contributed by atoms with E-state index in [2.05, 4.69) is 15.5 Å². The maximum absolute atomic E-state index is 11.7. The maximum atomic E-state index is 11.7. The molecular formula is C11H17N3O2. The molecular weight excluding hydrogens is 206 g/mol. The van der Waals surface area contributed by atoms with Crippen molar-refractivity contribution in [2.45, 2.75) is 25.7 Å². The van der Waals surface area contributed by atoms with Gasteiger partial charge in [-0.25, -0.2) is 4.79 Å². The molecule has 16 heavy (non-hydrogen) atoms. The molecule has 0 spiro atoms. The zero-order valence-corrected chi connectivity index (χ0v) is 9.45. The van der Waals surface area contributed by atoms with Crippen LogP contribution in [0.15, 0.2) is 6.20 Å². The first-order valence-corrected chi connectivity index (χ1v) is 5.74. The van der Waals surface area contributed by atoms with Gasteiger partial charge >= 0.3 is 5.97 Å². The predicted molar refractivity (Wildman–Crippen MR) is 59.4 cm³/mol. The molecule has 1 saturated heterocycles. The molecule has 0 radical (unpaired) electrons. The Balaban J connectivity index is 2.14. The number of nitrogens with one attached hydrogen (secondary N) is 2. The number of aromatic amines is 1. The van der Waals surface area contributed by atoms with E-state index in [4.69, 9.17) is 4.74 Å². The van der Waals surface area contributed by atoms with E-state index in [9.17, 15) is 4.79 Å². The van der Waals surface area contributed by atoms with Gasteiger partial charge in [0.1, 0.15) is 5.56 Å². The molecule has 5 nitrogen and oxygen atoms in total. The summed E-state index contributed by atoms with van der Waals surface area (Å²) in [4.78, 5) is 11.7. The van der Waals surface area contributed by atoms with Crippen LogP contribution in [-0.4, -0.2) is 35.9 Å². The molecule has 0 aliphatic carbocycles. The number of rotatable bonds is 3. The fourth-order valence-corrected chi connectivity index (χ4v) is 2.09. The van der Waals surface area contributed by atoms with Crippen LogP contribution in [0.1, 0.15) is 41.7 Å². The number of nitrogens with zero attached hydrogens (tertiary/aromatic N) is 1. The van der Waals surface area contributed by atoms with Crippen LogP contribution in [-0.2, 0) is 4.74 Å². The minimum Gasteiger partial charge on any atom is -0.462 e. The van der Waals surface area contributed by atoms with Crippen LogP contribution in [0.25, 0.3) is 0 Å². The summed E-state index contributed by atoms with van der Waals surface area (Å²) >= 11 is 0. The zero-order chi connectivity index (χ0) is 11.4. The summed E-state index contributed by atoms with van der Waals surface area (Å²) in [5, 5.41) is 10.2. The second kappa shape index (κ2) is 5.12. The Labute approximate surface area is 94.6 Å². The number of piperidine rings is 1. The molecule has 0 saturated carbocycles. The summed E-state index contributed by atoms with van der Waals surface area (Å²) in [7, 11) is 0. The highest BCUT2D eigenvalue weighted by molar-refractivity contribution is 5.90. The molecule has 1 aromatic heterocycles. The molecule has 0 unspecified atom stereocenters. The summed E-state index contributed by atoms with van der Waals surface area (Å²) in [5.41, 5.74) is 1.52. The van der Waals surface area contributed by atoms with Gasteiger partial charge in [0.2, 0.25) is 0 Å². The van der Waals surface area contributed by atoms with Crippen LogP contribution < -0.4 is 5.32 Å². The van der Waals surface area contributed by atoms with Gasteiger partial charge in [-0.05, 0) is 32.9 Å². The van der Waals surface area contributed by atoms with E-state index in [1.54, 1.807) is 6.20 Å². The van der Waals surface area contributed by atoms with Gasteiger partial charge in [-0.2, -0.15) is 5.10 Å². The van der Waals surface area contributed by atoms with Crippen LogP contribution in [0.5, 0.6) is 0 Å². The molecule has 2 heterocycles. The standard InChI is InChI=1S/C11H17N3O2/c1-2-16-11(15)9-7-13-14-10(9)8-3-5-12-6-4-8/h7-8,12H,2-6H2,1H3,(H,13,14). The zero-order valence-electron chi connectivity index (χ0n) is 9.45. The predicted octanol–water partition coefficient (Wildman–Crippen LogP) is 1.05. The second-order valence-corrected chi connectivity index (χ2v) is 3.94. The number of hydrogen-bond donors (Lipinski definition) is 2. The van der Waals surface area contributed by atoms with E-state index >= 15 is 0 Å². The van der Waals surface area contributed by atoms with Crippen molar-refractivity contribution in [3.63, 3.8) is 0 Å². The lowest BCUT2D eigenvalue weighted by molar-refractivity contribution is 0.0524. The summed E-state index contributed by atoms with van der Waals surface area (Å²) in [6, 6.07) is 0. The summed E-state index contributed by atoms with van der Waals surface area (Å²) in [6.45, 7) is 4.19. The van der Waals surface area contributed by atoms with Crippen molar-refractivity contribution in [3.8, 4) is 0 Å². The average Bonchev–Trinajstić information content (AvgIpc) is 2.79. The first-order chi connectivity index (χ1) is 7.83. The van der Waals surface area contributed by atoms with Crippen molar-refractivity contribution in [2.24, 2.45) is 0 Å². The molecule has 0 aromatic carbocycles. The number of aromatic nitrogens is 2. The molecule has 1 aliphatic rings. The number of H-pyrrole nitrogens is 1. The van der Waals surface area contributed by atoms with Gasteiger partial charge in [0.25, 0.3) is 0 Å². The largest absolute Gasteiger partial charge is 0.462 e. The summed E-state index contributed by atoms with van der Waals surface area (Å²) < 4.78 is 5.00.